The van der Waals surface area contributed by atoms with Crippen LogP contribution in [-0.2, 0) is 11.2 Å². The molecule has 2 heterocycles. The second-order valence-corrected chi connectivity index (χ2v) is 6.45. The Bertz CT molecular complexity index is 688. The number of hydrogen-bond acceptors (Lipinski definition) is 4. The van der Waals surface area contributed by atoms with Gasteiger partial charge in [0, 0.05) is 37.5 Å². The number of halogens is 2. The van der Waals surface area contributed by atoms with E-state index in [4.69, 9.17) is 4.42 Å². The fraction of sp³-hybridized carbons (Fsp3) is 0.474. The summed E-state index contributed by atoms with van der Waals surface area (Å²) in [7, 11) is 1.96. The molecule has 1 N–H and O–H groups in total. The van der Waals surface area contributed by atoms with Gasteiger partial charge in [-0.15, -0.1) is 24.8 Å². The van der Waals surface area contributed by atoms with E-state index in [9.17, 15) is 4.79 Å². The molecule has 3 rings (SSSR count). The molecule has 1 fully saturated rings. The standard InChI is InChI=1S/C19H25N3O2.2ClH/c1-14-5-7-15(8-6-14)17-12-21-18(24-17)9-10-19(23)22-11-3-4-16(13-22)20-2;;/h5-8,12,16,20H,3-4,9-11,13H2,1-2H3;2*1H. The van der Waals surface area contributed by atoms with Crippen molar-refractivity contribution in [2.24, 2.45) is 0 Å². The third-order valence-electron chi connectivity index (χ3n) is 4.62. The molecule has 2 aromatic rings. The van der Waals surface area contributed by atoms with Crippen LogP contribution in [0.5, 0.6) is 0 Å². The summed E-state index contributed by atoms with van der Waals surface area (Å²) < 4.78 is 5.80. The first kappa shape index (κ1) is 22.5. The molecule has 1 aliphatic heterocycles. The van der Waals surface area contributed by atoms with E-state index in [0.717, 1.165) is 37.3 Å². The molecule has 1 saturated heterocycles. The zero-order chi connectivity index (χ0) is 16.9. The second-order valence-electron chi connectivity index (χ2n) is 6.45. The summed E-state index contributed by atoms with van der Waals surface area (Å²) in [6, 6.07) is 8.57. The molecular formula is C19H27Cl2N3O2. The smallest absolute Gasteiger partial charge is 0.223 e. The molecule has 0 spiro atoms. The molecule has 1 atom stereocenters. The number of likely N-dealkylation sites (N-methyl/N-ethyl adjacent to an activating group) is 1. The molecule has 1 unspecified atom stereocenters. The molecule has 26 heavy (non-hydrogen) atoms. The summed E-state index contributed by atoms with van der Waals surface area (Å²) >= 11 is 0. The number of carbonyl (C=O) groups is 1. The van der Waals surface area contributed by atoms with Crippen molar-refractivity contribution in [3.63, 3.8) is 0 Å². The van der Waals surface area contributed by atoms with Gasteiger partial charge in [0.15, 0.2) is 11.7 Å². The van der Waals surface area contributed by atoms with Gasteiger partial charge < -0.3 is 14.6 Å². The van der Waals surface area contributed by atoms with Gasteiger partial charge in [0.2, 0.25) is 5.91 Å². The van der Waals surface area contributed by atoms with E-state index < -0.39 is 0 Å². The van der Waals surface area contributed by atoms with Gasteiger partial charge in [0.1, 0.15) is 0 Å². The summed E-state index contributed by atoms with van der Waals surface area (Å²) in [5, 5.41) is 3.26. The number of carbonyl (C=O) groups excluding carboxylic acids is 1. The molecule has 0 bridgehead atoms. The van der Waals surface area contributed by atoms with Crippen molar-refractivity contribution in [2.45, 2.75) is 38.6 Å². The maximum Gasteiger partial charge on any atom is 0.223 e. The van der Waals surface area contributed by atoms with Crippen molar-refractivity contribution in [2.75, 3.05) is 20.1 Å². The molecule has 5 nitrogen and oxygen atoms in total. The number of piperidine rings is 1. The number of amides is 1. The van der Waals surface area contributed by atoms with E-state index >= 15 is 0 Å². The van der Waals surface area contributed by atoms with Gasteiger partial charge in [-0.1, -0.05) is 29.8 Å². The third-order valence-corrected chi connectivity index (χ3v) is 4.62. The van der Waals surface area contributed by atoms with Crippen LogP contribution in [0.15, 0.2) is 34.9 Å². The van der Waals surface area contributed by atoms with E-state index in [2.05, 4.69) is 29.4 Å². The van der Waals surface area contributed by atoms with Crippen molar-refractivity contribution >= 4 is 30.7 Å². The zero-order valence-electron chi connectivity index (χ0n) is 15.2. The van der Waals surface area contributed by atoms with Crippen molar-refractivity contribution in [3.8, 4) is 11.3 Å². The highest BCUT2D eigenvalue weighted by Crippen LogP contribution is 2.21. The fourth-order valence-electron chi connectivity index (χ4n) is 3.09. The topological polar surface area (TPSA) is 58.4 Å². The molecule has 7 heteroatoms. The van der Waals surface area contributed by atoms with E-state index in [1.165, 1.54) is 5.56 Å². The van der Waals surface area contributed by atoms with Crippen molar-refractivity contribution < 1.29 is 9.21 Å². The Hall–Kier alpha value is -1.56. The highest BCUT2D eigenvalue weighted by atomic mass is 35.5. The Morgan fingerprint density at radius 3 is 2.73 bits per heavy atom. The lowest BCUT2D eigenvalue weighted by Gasteiger charge is -2.32. The van der Waals surface area contributed by atoms with E-state index in [1.807, 2.05) is 24.1 Å². The maximum atomic E-state index is 12.4. The van der Waals surface area contributed by atoms with Gasteiger partial charge in [-0.3, -0.25) is 4.79 Å². The van der Waals surface area contributed by atoms with Crippen molar-refractivity contribution in [3.05, 3.63) is 41.9 Å². The predicted molar refractivity (Wildman–Crippen MR) is 108 cm³/mol. The number of nitrogens with one attached hydrogen (secondary N) is 1. The maximum absolute atomic E-state index is 12.4. The molecule has 1 aliphatic rings. The van der Waals surface area contributed by atoms with Gasteiger partial charge >= 0.3 is 0 Å². The Labute approximate surface area is 167 Å². The SMILES string of the molecule is CNC1CCCN(C(=O)CCc2ncc(-c3ccc(C)cc3)o2)C1.Cl.Cl. The number of benzene rings is 1. The predicted octanol–water partition coefficient (Wildman–Crippen LogP) is 3.64. The summed E-state index contributed by atoms with van der Waals surface area (Å²) in [6.45, 7) is 3.72. The number of likely N-dealkylation sites (tertiary alicyclic amines) is 1. The average Bonchev–Trinajstić information content (AvgIpc) is 3.09. The van der Waals surface area contributed by atoms with Crippen molar-refractivity contribution in [1.82, 2.24) is 15.2 Å². The summed E-state index contributed by atoms with van der Waals surface area (Å²) in [6.07, 6.45) is 4.94. The molecule has 0 radical (unpaired) electrons. The van der Waals surface area contributed by atoms with Crippen LogP contribution in [-0.4, -0.2) is 42.0 Å². The molecule has 1 amide bonds. The fourth-order valence-corrected chi connectivity index (χ4v) is 3.09. The summed E-state index contributed by atoms with van der Waals surface area (Å²) in [5.41, 5.74) is 2.23. The lowest BCUT2D eigenvalue weighted by atomic mass is 10.1. The van der Waals surface area contributed by atoms with Crippen LogP contribution in [0.2, 0.25) is 0 Å². The van der Waals surface area contributed by atoms with Crippen LogP contribution < -0.4 is 5.32 Å². The highest BCUT2D eigenvalue weighted by Gasteiger charge is 2.22. The van der Waals surface area contributed by atoms with Gasteiger partial charge in [0.25, 0.3) is 0 Å². The average molecular weight is 400 g/mol. The molecule has 1 aromatic heterocycles. The largest absolute Gasteiger partial charge is 0.441 e. The summed E-state index contributed by atoms with van der Waals surface area (Å²) in [4.78, 5) is 18.6. The molecular weight excluding hydrogens is 373 g/mol. The molecule has 144 valence electrons. The number of aryl methyl sites for hydroxylation is 2. The second kappa shape index (κ2) is 10.6. The Kier molecular flexibility index (Phi) is 9.13. The highest BCUT2D eigenvalue weighted by molar-refractivity contribution is 5.85. The van der Waals surface area contributed by atoms with E-state index in [1.54, 1.807) is 6.20 Å². The van der Waals surface area contributed by atoms with Gasteiger partial charge in [-0.25, -0.2) is 4.98 Å². The number of rotatable bonds is 5. The molecule has 0 aliphatic carbocycles. The Balaban J connectivity index is 0.00000169. The lowest BCUT2D eigenvalue weighted by molar-refractivity contribution is -0.132. The van der Waals surface area contributed by atoms with Crippen LogP contribution in [0.4, 0.5) is 0 Å². The number of nitrogens with zero attached hydrogens (tertiary/aromatic N) is 2. The quantitative estimate of drug-likeness (QED) is 0.833. The molecule has 0 saturated carbocycles. The van der Waals surface area contributed by atoms with Crippen LogP contribution in [0, 0.1) is 6.92 Å². The number of oxazole rings is 1. The van der Waals surface area contributed by atoms with Crippen LogP contribution in [0.3, 0.4) is 0 Å². The monoisotopic (exact) mass is 399 g/mol. The summed E-state index contributed by atoms with van der Waals surface area (Å²) in [5.74, 6) is 1.57. The number of hydrogen-bond donors (Lipinski definition) is 1. The lowest BCUT2D eigenvalue weighted by Crippen LogP contribution is -2.47. The van der Waals surface area contributed by atoms with E-state index in [-0.39, 0.29) is 30.7 Å². The van der Waals surface area contributed by atoms with E-state index in [0.29, 0.717) is 24.8 Å². The third kappa shape index (κ3) is 5.73. The van der Waals surface area contributed by atoms with Crippen LogP contribution in [0.25, 0.3) is 11.3 Å². The first-order chi connectivity index (χ1) is 11.7. The minimum absolute atomic E-state index is 0. The zero-order valence-corrected chi connectivity index (χ0v) is 16.9. The number of aromatic nitrogens is 1. The molecule has 1 aromatic carbocycles. The first-order valence-corrected chi connectivity index (χ1v) is 8.62. The minimum atomic E-state index is 0. The van der Waals surface area contributed by atoms with Crippen LogP contribution >= 0.6 is 24.8 Å². The van der Waals surface area contributed by atoms with Gasteiger partial charge in [0.05, 0.1) is 6.20 Å². The Morgan fingerprint density at radius 1 is 1.31 bits per heavy atom. The normalized spacial score (nSPS) is 16.5. The van der Waals surface area contributed by atoms with Gasteiger partial charge in [-0.2, -0.15) is 0 Å². The minimum Gasteiger partial charge on any atom is -0.441 e. The van der Waals surface area contributed by atoms with Crippen molar-refractivity contribution in [1.29, 1.82) is 0 Å². The first-order valence-electron chi connectivity index (χ1n) is 8.62. The van der Waals surface area contributed by atoms with Crippen LogP contribution in [0.1, 0.15) is 30.7 Å². The Morgan fingerprint density at radius 2 is 2.04 bits per heavy atom. The van der Waals surface area contributed by atoms with Gasteiger partial charge in [-0.05, 0) is 26.8 Å².